The fourth-order valence-corrected chi connectivity index (χ4v) is 1.71. The van der Waals surface area contributed by atoms with Crippen LogP contribution in [-0.2, 0) is 9.53 Å². The van der Waals surface area contributed by atoms with Crippen molar-refractivity contribution in [2.75, 3.05) is 26.4 Å². The van der Waals surface area contributed by atoms with Gasteiger partial charge in [-0.05, 0) is 25.8 Å². The molecule has 0 spiro atoms. The Labute approximate surface area is 90.0 Å². The number of carbonyl (C=O) groups excluding carboxylic acids is 1. The Balaban J connectivity index is 2.40. The number of amides is 1. The van der Waals surface area contributed by atoms with Crippen molar-refractivity contribution in [1.82, 2.24) is 5.32 Å². The molecule has 0 aromatic heterocycles. The number of ether oxygens (including phenoxy) is 1. The maximum Gasteiger partial charge on any atom is 0.220 e. The van der Waals surface area contributed by atoms with Gasteiger partial charge in [-0.3, -0.25) is 4.79 Å². The number of nitrogens with two attached hydrogens (primary N) is 1. The van der Waals surface area contributed by atoms with Crippen molar-refractivity contribution in [2.45, 2.75) is 31.2 Å². The molecule has 0 bridgehead atoms. The summed E-state index contributed by atoms with van der Waals surface area (Å²) in [5.41, 5.74) is 4.86. The van der Waals surface area contributed by atoms with E-state index in [4.69, 9.17) is 10.5 Å². The second-order valence-corrected chi connectivity index (χ2v) is 3.99. The molecule has 5 heteroatoms. The molecule has 1 fully saturated rings. The number of rotatable bonds is 5. The van der Waals surface area contributed by atoms with Crippen LogP contribution in [0.3, 0.4) is 0 Å². The molecule has 0 radical (unpaired) electrons. The number of carbonyl (C=O) groups is 1. The molecule has 1 saturated heterocycles. The molecule has 0 unspecified atom stereocenters. The lowest BCUT2D eigenvalue weighted by molar-refractivity contribution is -0.125. The molecule has 1 amide bonds. The highest BCUT2D eigenvalue weighted by atomic mass is 16.5. The Hall–Kier alpha value is -0.650. The van der Waals surface area contributed by atoms with Gasteiger partial charge < -0.3 is 20.9 Å². The highest BCUT2D eigenvalue weighted by Crippen LogP contribution is 2.20. The first-order valence-corrected chi connectivity index (χ1v) is 5.42. The van der Waals surface area contributed by atoms with Crippen molar-refractivity contribution in [3.8, 4) is 0 Å². The summed E-state index contributed by atoms with van der Waals surface area (Å²) in [6.07, 6.45) is 2.47. The van der Waals surface area contributed by atoms with Crippen molar-refractivity contribution < 1.29 is 14.6 Å². The van der Waals surface area contributed by atoms with Crippen LogP contribution in [0, 0.1) is 0 Å². The van der Waals surface area contributed by atoms with E-state index in [1.54, 1.807) is 0 Å². The van der Waals surface area contributed by atoms with Gasteiger partial charge in [0, 0.05) is 19.6 Å². The molecule has 4 N–H and O–H groups in total. The minimum Gasteiger partial charge on any atom is -0.394 e. The highest BCUT2D eigenvalue weighted by molar-refractivity contribution is 5.76. The Bertz CT molecular complexity index is 203. The van der Waals surface area contributed by atoms with Crippen LogP contribution >= 0.6 is 0 Å². The molecule has 1 aliphatic rings. The maximum atomic E-state index is 11.5. The predicted molar refractivity (Wildman–Crippen MR) is 56.3 cm³/mol. The molecule has 0 aliphatic carbocycles. The summed E-state index contributed by atoms with van der Waals surface area (Å²) >= 11 is 0. The SMILES string of the molecule is NCCCC(=O)NC1(CO)CCOCC1. The molecule has 1 aliphatic heterocycles. The molecule has 0 saturated carbocycles. The largest absolute Gasteiger partial charge is 0.394 e. The van der Waals surface area contributed by atoms with E-state index in [1.165, 1.54) is 0 Å². The summed E-state index contributed by atoms with van der Waals surface area (Å²) in [5, 5.41) is 12.2. The van der Waals surface area contributed by atoms with Gasteiger partial charge in [0.15, 0.2) is 0 Å². The Morgan fingerprint density at radius 2 is 2.13 bits per heavy atom. The second kappa shape index (κ2) is 6.05. The van der Waals surface area contributed by atoms with Crippen molar-refractivity contribution in [3.05, 3.63) is 0 Å². The summed E-state index contributed by atoms with van der Waals surface area (Å²) in [6.45, 7) is 1.68. The van der Waals surface area contributed by atoms with Crippen molar-refractivity contribution in [1.29, 1.82) is 0 Å². The number of aliphatic hydroxyl groups excluding tert-OH is 1. The van der Waals surface area contributed by atoms with E-state index in [-0.39, 0.29) is 12.5 Å². The molecule has 15 heavy (non-hydrogen) atoms. The van der Waals surface area contributed by atoms with Crippen molar-refractivity contribution in [2.24, 2.45) is 5.73 Å². The average Bonchev–Trinajstić information content (AvgIpc) is 2.27. The summed E-state index contributed by atoms with van der Waals surface area (Å²) in [6, 6.07) is 0. The van der Waals surface area contributed by atoms with Crippen LogP contribution in [0.15, 0.2) is 0 Å². The molecule has 5 nitrogen and oxygen atoms in total. The topological polar surface area (TPSA) is 84.6 Å². The van der Waals surface area contributed by atoms with Crippen LogP contribution in [0.25, 0.3) is 0 Å². The van der Waals surface area contributed by atoms with E-state index in [0.29, 0.717) is 45.4 Å². The third kappa shape index (κ3) is 3.77. The first-order valence-electron chi connectivity index (χ1n) is 5.42. The zero-order chi connectivity index (χ0) is 11.1. The summed E-state index contributed by atoms with van der Waals surface area (Å²) in [7, 11) is 0. The second-order valence-electron chi connectivity index (χ2n) is 3.99. The number of hydrogen-bond donors (Lipinski definition) is 3. The van der Waals surface area contributed by atoms with Gasteiger partial charge >= 0.3 is 0 Å². The van der Waals surface area contributed by atoms with Gasteiger partial charge in [-0.25, -0.2) is 0 Å². The number of hydrogen-bond acceptors (Lipinski definition) is 4. The van der Waals surface area contributed by atoms with E-state index in [0.717, 1.165) is 0 Å². The first-order chi connectivity index (χ1) is 7.22. The fourth-order valence-electron chi connectivity index (χ4n) is 1.71. The fraction of sp³-hybridized carbons (Fsp3) is 0.900. The Morgan fingerprint density at radius 1 is 1.47 bits per heavy atom. The standard InChI is InChI=1S/C10H20N2O3/c11-5-1-2-9(14)12-10(8-13)3-6-15-7-4-10/h13H,1-8,11H2,(H,12,14). The minimum atomic E-state index is -0.468. The van der Waals surface area contributed by atoms with E-state index < -0.39 is 5.54 Å². The van der Waals surface area contributed by atoms with Crippen LogP contribution in [0.4, 0.5) is 0 Å². The van der Waals surface area contributed by atoms with Crippen LogP contribution < -0.4 is 11.1 Å². The molecular formula is C10H20N2O3. The van der Waals surface area contributed by atoms with Gasteiger partial charge in [0.25, 0.3) is 0 Å². The van der Waals surface area contributed by atoms with E-state index in [2.05, 4.69) is 5.32 Å². The van der Waals surface area contributed by atoms with Gasteiger partial charge in [-0.15, -0.1) is 0 Å². The molecular weight excluding hydrogens is 196 g/mol. The molecule has 0 aromatic rings. The van der Waals surface area contributed by atoms with E-state index in [1.807, 2.05) is 0 Å². The predicted octanol–water partition coefficient (Wildman–Crippen LogP) is -0.617. The van der Waals surface area contributed by atoms with Gasteiger partial charge in [-0.1, -0.05) is 0 Å². The van der Waals surface area contributed by atoms with Gasteiger partial charge in [-0.2, -0.15) is 0 Å². The van der Waals surface area contributed by atoms with Crippen LogP contribution in [0.2, 0.25) is 0 Å². The highest BCUT2D eigenvalue weighted by Gasteiger charge is 2.33. The molecule has 1 rings (SSSR count). The average molecular weight is 216 g/mol. The van der Waals surface area contributed by atoms with Gasteiger partial charge in [0.2, 0.25) is 5.91 Å². The summed E-state index contributed by atoms with van der Waals surface area (Å²) in [5.74, 6) is -0.0311. The monoisotopic (exact) mass is 216 g/mol. The number of nitrogens with one attached hydrogen (secondary N) is 1. The molecule has 88 valence electrons. The van der Waals surface area contributed by atoms with E-state index in [9.17, 15) is 9.90 Å². The quantitative estimate of drug-likeness (QED) is 0.572. The molecule has 0 aromatic carbocycles. The lowest BCUT2D eigenvalue weighted by Crippen LogP contribution is -2.54. The summed E-state index contributed by atoms with van der Waals surface area (Å²) in [4.78, 5) is 11.5. The zero-order valence-electron chi connectivity index (χ0n) is 9.00. The maximum absolute atomic E-state index is 11.5. The van der Waals surface area contributed by atoms with Crippen molar-refractivity contribution in [3.63, 3.8) is 0 Å². The minimum absolute atomic E-state index is 0.0231. The first kappa shape index (κ1) is 12.4. The lowest BCUT2D eigenvalue weighted by atomic mass is 9.91. The van der Waals surface area contributed by atoms with Gasteiger partial charge in [0.05, 0.1) is 12.1 Å². The van der Waals surface area contributed by atoms with Crippen LogP contribution in [0.1, 0.15) is 25.7 Å². The third-order valence-corrected chi connectivity index (χ3v) is 2.77. The molecule has 1 heterocycles. The number of aliphatic hydroxyl groups is 1. The van der Waals surface area contributed by atoms with Crippen LogP contribution in [0.5, 0.6) is 0 Å². The Morgan fingerprint density at radius 3 is 2.67 bits per heavy atom. The Kier molecular flexibility index (Phi) is 5.01. The van der Waals surface area contributed by atoms with E-state index >= 15 is 0 Å². The third-order valence-electron chi connectivity index (χ3n) is 2.77. The lowest BCUT2D eigenvalue weighted by Gasteiger charge is -2.36. The smallest absolute Gasteiger partial charge is 0.220 e. The zero-order valence-corrected chi connectivity index (χ0v) is 9.00. The van der Waals surface area contributed by atoms with Crippen LogP contribution in [-0.4, -0.2) is 42.9 Å². The normalized spacial score (nSPS) is 19.9. The van der Waals surface area contributed by atoms with Gasteiger partial charge in [0.1, 0.15) is 0 Å². The summed E-state index contributed by atoms with van der Waals surface area (Å²) < 4.78 is 5.21. The molecule has 0 atom stereocenters. The van der Waals surface area contributed by atoms with Crippen molar-refractivity contribution >= 4 is 5.91 Å².